The highest BCUT2D eigenvalue weighted by molar-refractivity contribution is 5.85. The Morgan fingerprint density at radius 2 is 1.69 bits per heavy atom. The van der Waals surface area contributed by atoms with Crippen molar-refractivity contribution in [2.75, 3.05) is 11.4 Å². The van der Waals surface area contributed by atoms with Crippen molar-refractivity contribution in [3.63, 3.8) is 0 Å². The van der Waals surface area contributed by atoms with Gasteiger partial charge in [0.15, 0.2) is 0 Å². The number of para-hydroxylation sites is 1. The summed E-state index contributed by atoms with van der Waals surface area (Å²) < 4.78 is 0. The number of hydrogen-bond donors (Lipinski definition) is 1. The highest BCUT2D eigenvalue weighted by Crippen LogP contribution is 2.40. The van der Waals surface area contributed by atoms with Crippen molar-refractivity contribution in [1.29, 1.82) is 0 Å². The number of hydrogen-bond acceptors (Lipinski definition) is 1. The second-order valence-electron chi connectivity index (χ2n) is 7.17. The normalized spacial score (nSPS) is 16.7. The Labute approximate surface area is 154 Å². The molecule has 2 nitrogen and oxygen atoms in total. The standard InChI is InChI=1S/C24H22N2/c1-17-11-12-23-21(15-17)22(16-25-23)24-20-10-6-5-7-18(20)13-14-26(24)19-8-3-2-4-9-19/h2-12,15-16,24-25H,13-14H2,1H3/t24-/m1/s1. The van der Waals surface area contributed by atoms with Crippen LogP contribution in [0.1, 0.15) is 28.3 Å². The predicted molar refractivity (Wildman–Crippen MR) is 109 cm³/mol. The van der Waals surface area contributed by atoms with E-state index in [1.807, 2.05) is 0 Å². The molecule has 1 atom stereocenters. The Balaban J connectivity index is 1.74. The molecule has 0 radical (unpaired) electrons. The van der Waals surface area contributed by atoms with Crippen LogP contribution in [0, 0.1) is 6.92 Å². The van der Waals surface area contributed by atoms with Gasteiger partial charge in [0.05, 0.1) is 6.04 Å². The Kier molecular flexibility index (Phi) is 3.56. The van der Waals surface area contributed by atoms with Crippen LogP contribution in [0.5, 0.6) is 0 Å². The maximum absolute atomic E-state index is 3.49. The third-order valence-corrected chi connectivity index (χ3v) is 5.54. The zero-order valence-electron chi connectivity index (χ0n) is 14.9. The lowest BCUT2D eigenvalue weighted by molar-refractivity contribution is 0.656. The van der Waals surface area contributed by atoms with E-state index >= 15 is 0 Å². The second kappa shape index (κ2) is 6.06. The molecule has 1 N–H and O–H groups in total. The van der Waals surface area contributed by atoms with Crippen molar-refractivity contribution in [2.24, 2.45) is 0 Å². The van der Waals surface area contributed by atoms with E-state index in [0.29, 0.717) is 0 Å². The average Bonchev–Trinajstić information content (AvgIpc) is 3.10. The van der Waals surface area contributed by atoms with Gasteiger partial charge in [-0.1, -0.05) is 54.1 Å². The third kappa shape index (κ3) is 2.41. The molecular weight excluding hydrogens is 316 g/mol. The Hall–Kier alpha value is -3.00. The van der Waals surface area contributed by atoms with Crippen molar-refractivity contribution in [2.45, 2.75) is 19.4 Å². The fourth-order valence-corrected chi connectivity index (χ4v) is 4.28. The number of aromatic nitrogens is 1. The number of H-pyrrole nitrogens is 1. The van der Waals surface area contributed by atoms with Gasteiger partial charge in [-0.3, -0.25) is 0 Å². The van der Waals surface area contributed by atoms with Gasteiger partial charge in [0.2, 0.25) is 0 Å². The van der Waals surface area contributed by atoms with E-state index in [1.54, 1.807) is 0 Å². The molecule has 0 saturated carbocycles. The van der Waals surface area contributed by atoms with E-state index in [4.69, 9.17) is 0 Å². The zero-order valence-corrected chi connectivity index (χ0v) is 14.9. The fraction of sp³-hybridized carbons (Fsp3) is 0.167. The summed E-state index contributed by atoms with van der Waals surface area (Å²) in [6.07, 6.45) is 3.29. The first kappa shape index (κ1) is 15.3. The van der Waals surface area contributed by atoms with E-state index in [0.717, 1.165) is 13.0 Å². The van der Waals surface area contributed by atoms with Crippen molar-refractivity contribution in [3.05, 3.63) is 101 Å². The lowest BCUT2D eigenvalue weighted by Crippen LogP contribution is -2.36. The summed E-state index contributed by atoms with van der Waals surface area (Å²) >= 11 is 0. The summed E-state index contributed by atoms with van der Waals surface area (Å²) in [4.78, 5) is 6.04. The van der Waals surface area contributed by atoms with Crippen LogP contribution in [0.2, 0.25) is 0 Å². The quantitative estimate of drug-likeness (QED) is 0.502. The van der Waals surface area contributed by atoms with E-state index in [9.17, 15) is 0 Å². The predicted octanol–water partition coefficient (Wildman–Crippen LogP) is 5.63. The van der Waals surface area contributed by atoms with Crippen LogP contribution in [0.3, 0.4) is 0 Å². The maximum atomic E-state index is 3.49. The molecule has 0 spiro atoms. The van der Waals surface area contributed by atoms with E-state index in [2.05, 4.69) is 95.8 Å². The minimum absolute atomic E-state index is 0.234. The largest absolute Gasteiger partial charge is 0.361 e. The van der Waals surface area contributed by atoms with Gasteiger partial charge >= 0.3 is 0 Å². The molecule has 4 aromatic rings. The second-order valence-corrected chi connectivity index (χ2v) is 7.17. The Bertz CT molecular complexity index is 1060. The van der Waals surface area contributed by atoms with Crippen molar-refractivity contribution < 1.29 is 0 Å². The van der Waals surface area contributed by atoms with E-state index in [1.165, 1.54) is 38.8 Å². The van der Waals surface area contributed by atoms with E-state index < -0.39 is 0 Å². The molecule has 0 amide bonds. The van der Waals surface area contributed by atoms with Gasteiger partial charge in [-0.25, -0.2) is 0 Å². The molecular formula is C24H22N2. The Morgan fingerprint density at radius 1 is 0.885 bits per heavy atom. The van der Waals surface area contributed by atoms with Crippen LogP contribution in [-0.4, -0.2) is 11.5 Å². The van der Waals surface area contributed by atoms with Crippen LogP contribution in [0.4, 0.5) is 5.69 Å². The molecule has 0 unspecified atom stereocenters. The summed E-state index contributed by atoms with van der Waals surface area (Å²) in [5.74, 6) is 0. The first-order chi connectivity index (χ1) is 12.8. The summed E-state index contributed by atoms with van der Waals surface area (Å²) in [6, 6.07) is 26.6. The molecule has 0 saturated heterocycles. The molecule has 2 heterocycles. The van der Waals surface area contributed by atoms with Gasteiger partial charge in [-0.15, -0.1) is 0 Å². The monoisotopic (exact) mass is 338 g/mol. The van der Waals surface area contributed by atoms with Crippen LogP contribution in [0.15, 0.2) is 79.0 Å². The summed E-state index contributed by atoms with van der Waals surface area (Å²) in [5, 5.41) is 1.33. The molecule has 0 fully saturated rings. The molecule has 0 bridgehead atoms. The SMILES string of the molecule is Cc1ccc2[nH]cc([C@H]3c4ccccc4CCN3c3ccccc3)c2c1. The van der Waals surface area contributed by atoms with Crippen LogP contribution in [-0.2, 0) is 6.42 Å². The number of aromatic amines is 1. The van der Waals surface area contributed by atoms with Gasteiger partial charge in [0.25, 0.3) is 0 Å². The van der Waals surface area contributed by atoms with Gasteiger partial charge in [0, 0.05) is 34.9 Å². The first-order valence-electron chi connectivity index (χ1n) is 9.28. The van der Waals surface area contributed by atoms with E-state index in [-0.39, 0.29) is 6.04 Å². The molecule has 1 aliphatic rings. The molecule has 0 aliphatic carbocycles. The smallest absolute Gasteiger partial charge is 0.0819 e. The molecule has 2 heteroatoms. The molecule has 5 rings (SSSR count). The Morgan fingerprint density at radius 3 is 2.58 bits per heavy atom. The number of nitrogens with zero attached hydrogens (tertiary/aromatic N) is 1. The third-order valence-electron chi connectivity index (χ3n) is 5.54. The van der Waals surface area contributed by atoms with Gasteiger partial charge in [-0.2, -0.15) is 0 Å². The van der Waals surface area contributed by atoms with Gasteiger partial charge in [-0.05, 0) is 48.7 Å². The highest BCUT2D eigenvalue weighted by atomic mass is 15.2. The molecule has 128 valence electrons. The molecule has 1 aliphatic heterocycles. The van der Waals surface area contributed by atoms with Gasteiger partial charge in [0.1, 0.15) is 0 Å². The van der Waals surface area contributed by atoms with Crippen molar-refractivity contribution in [1.82, 2.24) is 4.98 Å². The fourth-order valence-electron chi connectivity index (χ4n) is 4.28. The molecule has 3 aromatic carbocycles. The topological polar surface area (TPSA) is 19.0 Å². The number of fused-ring (bicyclic) bond motifs is 2. The number of aryl methyl sites for hydroxylation is 1. The molecule has 26 heavy (non-hydrogen) atoms. The average molecular weight is 338 g/mol. The number of nitrogens with one attached hydrogen (secondary N) is 1. The van der Waals surface area contributed by atoms with Crippen molar-refractivity contribution >= 4 is 16.6 Å². The van der Waals surface area contributed by atoms with Crippen LogP contribution >= 0.6 is 0 Å². The summed E-state index contributed by atoms with van der Waals surface area (Å²) in [6.45, 7) is 3.20. The number of rotatable bonds is 2. The lowest BCUT2D eigenvalue weighted by Gasteiger charge is -2.39. The maximum Gasteiger partial charge on any atom is 0.0819 e. The van der Waals surface area contributed by atoms with Crippen LogP contribution in [0.25, 0.3) is 10.9 Å². The lowest BCUT2D eigenvalue weighted by atomic mass is 9.87. The minimum Gasteiger partial charge on any atom is -0.361 e. The first-order valence-corrected chi connectivity index (χ1v) is 9.28. The van der Waals surface area contributed by atoms with Crippen LogP contribution < -0.4 is 4.90 Å². The van der Waals surface area contributed by atoms with Crippen molar-refractivity contribution in [3.8, 4) is 0 Å². The number of benzene rings is 3. The van der Waals surface area contributed by atoms with Gasteiger partial charge < -0.3 is 9.88 Å². The minimum atomic E-state index is 0.234. The highest BCUT2D eigenvalue weighted by Gasteiger charge is 2.30. The molecule has 1 aromatic heterocycles. The summed E-state index contributed by atoms with van der Waals surface area (Å²) in [5.41, 5.74) is 8.04. The summed E-state index contributed by atoms with van der Waals surface area (Å²) in [7, 11) is 0. The zero-order chi connectivity index (χ0) is 17.5. The number of anilines is 1.